The molecule has 2 saturated carbocycles. The van der Waals surface area contributed by atoms with Crippen molar-refractivity contribution in [1.29, 1.82) is 0 Å². The Morgan fingerprint density at radius 2 is 1.89 bits per heavy atom. The summed E-state index contributed by atoms with van der Waals surface area (Å²) in [5.74, 6) is -0.522. The van der Waals surface area contributed by atoms with Gasteiger partial charge in [-0.25, -0.2) is 0 Å². The summed E-state index contributed by atoms with van der Waals surface area (Å²) in [6, 6.07) is 1.80. The van der Waals surface area contributed by atoms with Gasteiger partial charge in [0.25, 0.3) is 11.6 Å². The number of carbonyl (C=O) groups excluding carboxylic acids is 1. The maximum absolute atomic E-state index is 12.8. The highest BCUT2D eigenvalue weighted by Gasteiger charge is 2.38. The number of nitrogens with zero attached hydrogens (tertiary/aromatic N) is 2. The van der Waals surface area contributed by atoms with Crippen LogP contribution in [0, 0.1) is 36.8 Å². The van der Waals surface area contributed by atoms with Crippen molar-refractivity contribution >= 4 is 17.6 Å². The molecule has 8 nitrogen and oxygen atoms in total. The third-order valence-electron chi connectivity index (χ3n) is 5.83. The molecule has 2 aliphatic carbocycles. The predicted molar refractivity (Wildman–Crippen MR) is 104 cm³/mol. The van der Waals surface area contributed by atoms with Gasteiger partial charge < -0.3 is 10.4 Å². The van der Waals surface area contributed by atoms with Gasteiger partial charge in [-0.05, 0) is 64.0 Å². The van der Waals surface area contributed by atoms with E-state index >= 15 is 0 Å². The molecule has 1 amide bonds. The second-order valence-corrected chi connectivity index (χ2v) is 8.18. The van der Waals surface area contributed by atoms with E-state index in [9.17, 15) is 19.7 Å². The van der Waals surface area contributed by atoms with Crippen LogP contribution in [-0.4, -0.2) is 52.0 Å². The number of hydrogen-bond donors (Lipinski definition) is 2. The number of carboxylic acids is 1. The van der Waals surface area contributed by atoms with Crippen molar-refractivity contribution in [2.45, 2.75) is 58.5 Å². The number of benzene rings is 1. The van der Waals surface area contributed by atoms with Crippen molar-refractivity contribution in [3.8, 4) is 0 Å². The largest absolute Gasteiger partial charge is 0.480 e. The number of aliphatic carboxylic acids is 1. The highest BCUT2D eigenvalue weighted by molar-refractivity contribution is 5.98. The molecule has 1 aromatic carbocycles. The summed E-state index contributed by atoms with van der Waals surface area (Å²) in [7, 11) is 0. The molecule has 1 aromatic rings. The van der Waals surface area contributed by atoms with Crippen LogP contribution in [0.3, 0.4) is 0 Å². The fraction of sp³-hybridized carbons (Fsp3) is 0.600. The minimum atomic E-state index is -0.827. The minimum absolute atomic E-state index is 0.0145. The summed E-state index contributed by atoms with van der Waals surface area (Å²) in [6.45, 7) is 5.91. The normalized spacial score (nSPS) is 21.3. The maximum Gasteiger partial charge on any atom is 0.317 e. The van der Waals surface area contributed by atoms with E-state index in [0.717, 1.165) is 24.9 Å². The SMILES string of the molecule is Cc1cc(C)c([N+](=O)[O-])c(C)c1C(=O)NC1CC(N(CC(=O)O)CC2CC2)C1. The maximum atomic E-state index is 12.8. The first kappa shape index (κ1) is 20.3. The molecule has 28 heavy (non-hydrogen) atoms. The van der Waals surface area contributed by atoms with E-state index in [-0.39, 0.29) is 30.2 Å². The van der Waals surface area contributed by atoms with E-state index in [0.29, 0.717) is 35.4 Å². The molecule has 0 spiro atoms. The lowest BCUT2D eigenvalue weighted by atomic mass is 9.84. The van der Waals surface area contributed by atoms with Gasteiger partial charge in [-0.15, -0.1) is 0 Å². The average molecular weight is 389 g/mol. The Bertz CT molecular complexity index is 813. The fourth-order valence-electron chi connectivity index (χ4n) is 4.22. The Morgan fingerprint density at radius 1 is 1.25 bits per heavy atom. The number of rotatable bonds is 8. The highest BCUT2D eigenvalue weighted by atomic mass is 16.6. The number of aryl methyl sites for hydroxylation is 2. The zero-order chi connectivity index (χ0) is 20.6. The number of hydrogen-bond acceptors (Lipinski definition) is 5. The van der Waals surface area contributed by atoms with Gasteiger partial charge in [0.2, 0.25) is 0 Å². The number of amides is 1. The molecule has 8 heteroatoms. The van der Waals surface area contributed by atoms with Crippen LogP contribution in [0.1, 0.15) is 52.7 Å². The molecule has 152 valence electrons. The van der Waals surface area contributed by atoms with Gasteiger partial charge in [-0.2, -0.15) is 0 Å². The lowest BCUT2D eigenvalue weighted by molar-refractivity contribution is -0.386. The van der Waals surface area contributed by atoms with Gasteiger partial charge in [0, 0.05) is 29.8 Å². The van der Waals surface area contributed by atoms with E-state index in [1.165, 1.54) is 0 Å². The molecule has 2 N–H and O–H groups in total. The topological polar surface area (TPSA) is 113 Å². The van der Waals surface area contributed by atoms with Crippen LogP contribution in [0.2, 0.25) is 0 Å². The van der Waals surface area contributed by atoms with E-state index in [2.05, 4.69) is 5.32 Å². The molecule has 2 aliphatic rings. The van der Waals surface area contributed by atoms with Crippen molar-refractivity contribution in [3.63, 3.8) is 0 Å². The standard InChI is InChI=1S/C20H27N3O5/c1-11-6-12(2)19(23(27)28)13(3)18(11)20(26)21-15-7-16(8-15)22(10-17(24)25)9-14-4-5-14/h6,14-16H,4-5,7-10H2,1-3H3,(H,21,26)(H,24,25). The van der Waals surface area contributed by atoms with E-state index in [1.54, 1.807) is 26.8 Å². The molecule has 0 heterocycles. The molecular formula is C20H27N3O5. The van der Waals surface area contributed by atoms with Gasteiger partial charge in [0.1, 0.15) is 0 Å². The molecule has 0 aromatic heterocycles. The van der Waals surface area contributed by atoms with E-state index in [1.807, 2.05) is 4.90 Å². The van der Waals surface area contributed by atoms with Crippen molar-refractivity contribution in [2.24, 2.45) is 5.92 Å². The minimum Gasteiger partial charge on any atom is -0.480 e. The average Bonchev–Trinajstić information content (AvgIpc) is 3.32. The van der Waals surface area contributed by atoms with Crippen molar-refractivity contribution < 1.29 is 19.6 Å². The Morgan fingerprint density at radius 3 is 2.43 bits per heavy atom. The first-order valence-corrected chi connectivity index (χ1v) is 9.69. The van der Waals surface area contributed by atoms with Gasteiger partial charge in [-0.3, -0.25) is 24.6 Å². The number of nitro groups is 1. The fourth-order valence-corrected chi connectivity index (χ4v) is 4.22. The first-order chi connectivity index (χ1) is 13.2. The zero-order valence-corrected chi connectivity index (χ0v) is 16.5. The summed E-state index contributed by atoms with van der Waals surface area (Å²) >= 11 is 0. The molecule has 0 bridgehead atoms. The molecule has 0 atom stereocenters. The summed E-state index contributed by atoms with van der Waals surface area (Å²) in [5.41, 5.74) is 2.00. The molecule has 3 rings (SSSR count). The summed E-state index contributed by atoms with van der Waals surface area (Å²) in [4.78, 5) is 36.8. The van der Waals surface area contributed by atoms with Crippen LogP contribution in [0.25, 0.3) is 0 Å². The Labute approximate surface area is 164 Å². The van der Waals surface area contributed by atoms with E-state index in [4.69, 9.17) is 5.11 Å². The number of carboxylic acid groups (broad SMARTS) is 1. The molecule has 0 radical (unpaired) electrons. The number of nitrogens with one attached hydrogen (secondary N) is 1. The van der Waals surface area contributed by atoms with Crippen molar-refractivity contribution in [2.75, 3.05) is 13.1 Å². The lowest BCUT2D eigenvalue weighted by Crippen LogP contribution is -2.55. The van der Waals surface area contributed by atoms with Crippen molar-refractivity contribution in [1.82, 2.24) is 10.2 Å². The lowest BCUT2D eigenvalue weighted by Gasteiger charge is -2.42. The van der Waals surface area contributed by atoms with Gasteiger partial charge in [0.05, 0.1) is 17.0 Å². The van der Waals surface area contributed by atoms with Crippen LogP contribution >= 0.6 is 0 Å². The molecular weight excluding hydrogens is 362 g/mol. The van der Waals surface area contributed by atoms with Gasteiger partial charge in [0.15, 0.2) is 0 Å². The summed E-state index contributed by atoms with van der Waals surface area (Å²) in [5, 5.41) is 23.4. The second kappa shape index (κ2) is 7.87. The first-order valence-electron chi connectivity index (χ1n) is 9.69. The molecule has 0 saturated heterocycles. The monoisotopic (exact) mass is 389 g/mol. The van der Waals surface area contributed by atoms with Crippen LogP contribution in [-0.2, 0) is 4.79 Å². The smallest absolute Gasteiger partial charge is 0.317 e. The van der Waals surface area contributed by atoms with Crippen molar-refractivity contribution in [3.05, 3.63) is 38.4 Å². The summed E-state index contributed by atoms with van der Waals surface area (Å²) in [6.07, 6.45) is 3.73. The Balaban J connectivity index is 1.64. The second-order valence-electron chi connectivity index (χ2n) is 8.18. The highest BCUT2D eigenvalue weighted by Crippen LogP contribution is 2.34. The van der Waals surface area contributed by atoms with Gasteiger partial charge >= 0.3 is 5.97 Å². The van der Waals surface area contributed by atoms with E-state index < -0.39 is 10.9 Å². The number of nitro benzene ring substituents is 1. The van der Waals surface area contributed by atoms with Gasteiger partial charge in [-0.1, -0.05) is 0 Å². The third kappa shape index (κ3) is 4.32. The molecule has 0 aliphatic heterocycles. The number of carbonyl (C=O) groups is 2. The quantitative estimate of drug-likeness (QED) is 0.522. The molecule has 2 fully saturated rings. The third-order valence-corrected chi connectivity index (χ3v) is 5.83. The van der Waals surface area contributed by atoms with Crippen LogP contribution in [0.5, 0.6) is 0 Å². The molecule has 0 unspecified atom stereocenters. The summed E-state index contributed by atoms with van der Waals surface area (Å²) < 4.78 is 0. The zero-order valence-electron chi connectivity index (χ0n) is 16.5. The Hall–Kier alpha value is -2.48. The van der Waals surface area contributed by atoms with Crippen LogP contribution in [0.4, 0.5) is 5.69 Å². The Kier molecular flexibility index (Phi) is 5.69. The van der Waals surface area contributed by atoms with Crippen LogP contribution in [0.15, 0.2) is 6.07 Å². The van der Waals surface area contributed by atoms with Crippen LogP contribution < -0.4 is 5.32 Å². The predicted octanol–water partition coefficient (Wildman–Crippen LogP) is 2.58.